The van der Waals surface area contributed by atoms with Crippen LogP contribution in [0, 0.1) is 5.41 Å². The monoisotopic (exact) mass is 164 g/mol. The van der Waals surface area contributed by atoms with Crippen LogP contribution in [0.1, 0.15) is 58.3 Å². The van der Waals surface area contributed by atoms with E-state index in [0.717, 1.165) is 6.32 Å². The van der Waals surface area contributed by atoms with E-state index in [2.05, 4.69) is 6.92 Å². The number of hydrogen-bond donors (Lipinski definition) is 0. The summed E-state index contributed by atoms with van der Waals surface area (Å²) in [5, 5.41) is 0. The van der Waals surface area contributed by atoms with Crippen LogP contribution in [-0.4, -0.2) is 7.85 Å². The molecule has 1 saturated carbocycles. The van der Waals surface area contributed by atoms with Crippen LogP contribution in [0.5, 0.6) is 0 Å². The first-order chi connectivity index (χ1) is 5.83. The molecule has 12 heavy (non-hydrogen) atoms. The first-order valence-corrected chi connectivity index (χ1v) is 5.53. The van der Waals surface area contributed by atoms with Crippen molar-refractivity contribution in [3.05, 3.63) is 0 Å². The quantitative estimate of drug-likeness (QED) is 0.555. The van der Waals surface area contributed by atoms with Gasteiger partial charge in [0, 0.05) is 0 Å². The lowest BCUT2D eigenvalue weighted by molar-refractivity contribution is 0.164. The fraction of sp³-hybridized carbons (Fsp3) is 1.00. The van der Waals surface area contributed by atoms with Gasteiger partial charge >= 0.3 is 0 Å². The van der Waals surface area contributed by atoms with E-state index in [4.69, 9.17) is 7.85 Å². The van der Waals surface area contributed by atoms with E-state index in [-0.39, 0.29) is 0 Å². The Balaban J connectivity index is 2.44. The van der Waals surface area contributed by atoms with Gasteiger partial charge in [0.1, 0.15) is 0 Å². The maximum Gasteiger partial charge on any atom is 0.0653 e. The molecule has 0 aliphatic heterocycles. The van der Waals surface area contributed by atoms with Crippen molar-refractivity contribution in [1.82, 2.24) is 0 Å². The van der Waals surface area contributed by atoms with Gasteiger partial charge in [-0.3, -0.25) is 0 Å². The lowest BCUT2D eigenvalue weighted by Crippen LogP contribution is -2.23. The van der Waals surface area contributed by atoms with Crippen LogP contribution >= 0.6 is 0 Å². The summed E-state index contributed by atoms with van der Waals surface area (Å²) in [5.74, 6) is 0. The predicted molar refractivity (Wildman–Crippen MR) is 55.6 cm³/mol. The fourth-order valence-corrected chi connectivity index (χ4v) is 2.76. The Bertz CT molecular complexity index is 98.7. The highest BCUT2D eigenvalue weighted by Crippen LogP contribution is 2.43. The van der Waals surface area contributed by atoms with E-state index in [9.17, 15) is 0 Å². The van der Waals surface area contributed by atoms with Gasteiger partial charge in [0.2, 0.25) is 0 Å². The molecule has 0 heterocycles. The highest BCUT2D eigenvalue weighted by Gasteiger charge is 2.29. The Kier molecular flexibility index (Phi) is 4.18. The van der Waals surface area contributed by atoms with Gasteiger partial charge in [0.15, 0.2) is 0 Å². The molecule has 0 bridgehead atoms. The van der Waals surface area contributed by atoms with E-state index in [1.54, 1.807) is 0 Å². The Morgan fingerprint density at radius 1 is 1.08 bits per heavy atom. The summed E-state index contributed by atoms with van der Waals surface area (Å²) in [5.41, 5.74) is 0.655. The fourth-order valence-electron chi connectivity index (χ4n) is 2.76. The maximum atomic E-state index is 5.67. The minimum Gasteiger partial charge on any atom is -0.0882 e. The lowest BCUT2D eigenvalue weighted by atomic mass is 9.67. The lowest BCUT2D eigenvalue weighted by Gasteiger charge is -2.37. The van der Waals surface area contributed by atoms with Crippen molar-refractivity contribution < 1.29 is 0 Å². The van der Waals surface area contributed by atoms with E-state index in [0.29, 0.717) is 5.41 Å². The average molecular weight is 164 g/mol. The summed E-state index contributed by atoms with van der Waals surface area (Å²) in [6, 6.07) is 0. The zero-order valence-electron chi connectivity index (χ0n) is 8.44. The van der Waals surface area contributed by atoms with Crippen LogP contribution in [0.3, 0.4) is 0 Å². The minimum atomic E-state index is 0.655. The van der Waals surface area contributed by atoms with Gasteiger partial charge in [0.25, 0.3) is 0 Å². The average Bonchev–Trinajstić information content (AvgIpc) is 2.07. The molecule has 0 amide bonds. The molecule has 0 atom stereocenters. The van der Waals surface area contributed by atoms with Gasteiger partial charge in [0.05, 0.1) is 7.85 Å². The molecule has 0 aromatic rings. The Morgan fingerprint density at radius 3 is 2.25 bits per heavy atom. The van der Waals surface area contributed by atoms with E-state index in [1.807, 2.05) is 0 Å². The van der Waals surface area contributed by atoms with Gasteiger partial charge in [-0.25, -0.2) is 0 Å². The van der Waals surface area contributed by atoms with Crippen LogP contribution in [0.2, 0.25) is 6.32 Å². The van der Waals surface area contributed by atoms with Gasteiger partial charge < -0.3 is 0 Å². The van der Waals surface area contributed by atoms with Crippen molar-refractivity contribution in [3.8, 4) is 0 Å². The van der Waals surface area contributed by atoms with Gasteiger partial charge in [-0.15, -0.1) is 0 Å². The summed E-state index contributed by atoms with van der Waals surface area (Å²) < 4.78 is 0. The van der Waals surface area contributed by atoms with E-state index in [1.165, 1.54) is 51.4 Å². The molecule has 1 rings (SSSR count). The van der Waals surface area contributed by atoms with Gasteiger partial charge in [-0.1, -0.05) is 45.3 Å². The van der Waals surface area contributed by atoms with Crippen LogP contribution in [-0.2, 0) is 0 Å². The summed E-state index contributed by atoms with van der Waals surface area (Å²) in [6.45, 7) is 2.30. The Morgan fingerprint density at radius 2 is 1.75 bits per heavy atom. The highest BCUT2D eigenvalue weighted by molar-refractivity contribution is 6.08. The third-order valence-corrected chi connectivity index (χ3v) is 3.37. The van der Waals surface area contributed by atoms with Crippen molar-refractivity contribution in [2.75, 3.05) is 0 Å². The largest absolute Gasteiger partial charge is 0.0882 e. The van der Waals surface area contributed by atoms with E-state index >= 15 is 0 Å². The van der Waals surface area contributed by atoms with Crippen LogP contribution < -0.4 is 0 Å². The van der Waals surface area contributed by atoms with E-state index < -0.39 is 0 Å². The van der Waals surface area contributed by atoms with Crippen molar-refractivity contribution in [2.45, 2.75) is 64.6 Å². The molecular weight excluding hydrogens is 143 g/mol. The van der Waals surface area contributed by atoms with Crippen LogP contribution in [0.15, 0.2) is 0 Å². The molecule has 0 nitrogen and oxygen atoms in total. The van der Waals surface area contributed by atoms with Gasteiger partial charge in [-0.05, 0) is 24.7 Å². The zero-order chi connectivity index (χ0) is 8.86. The summed E-state index contributed by atoms with van der Waals surface area (Å²) in [4.78, 5) is 0. The minimum absolute atomic E-state index is 0.655. The molecular formula is C11H21B. The second-order valence-electron chi connectivity index (χ2n) is 4.35. The number of rotatable bonds is 4. The third-order valence-electron chi connectivity index (χ3n) is 3.37. The Hall–Kier alpha value is 0.0649. The molecule has 1 heteroatoms. The standard InChI is InChI=1S/C11H21B/c1-2-6-11(9-10-12)7-4-3-5-8-11/h2-10H2,1H3. The highest BCUT2D eigenvalue weighted by atomic mass is 14.3. The van der Waals surface area contributed by atoms with Crippen molar-refractivity contribution >= 4 is 7.85 Å². The molecule has 0 saturated heterocycles. The van der Waals surface area contributed by atoms with Gasteiger partial charge in [-0.2, -0.15) is 0 Å². The van der Waals surface area contributed by atoms with Crippen LogP contribution in [0.4, 0.5) is 0 Å². The molecule has 0 spiro atoms. The second kappa shape index (κ2) is 4.94. The third kappa shape index (κ3) is 2.53. The SMILES string of the molecule is [B]CCC1(CCC)CCCCC1. The summed E-state index contributed by atoms with van der Waals surface area (Å²) in [6.07, 6.45) is 12.1. The molecule has 1 aliphatic carbocycles. The van der Waals surface area contributed by atoms with Crippen molar-refractivity contribution in [1.29, 1.82) is 0 Å². The number of hydrogen-bond acceptors (Lipinski definition) is 0. The molecule has 0 unspecified atom stereocenters. The topological polar surface area (TPSA) is 0 Å². The Labute approximate surface area is 78.5 Å². The maximum absolute atomic E-state index is 5.67. The first kappa shape index (κ1) is 10.1. The second-order valence-corrected chi connectivity index (χ2v) is 4.35. The molecule has 2 radical (unpaired) electrons. The van der Waals surface area contributed by atoms with Crippen molar-refractivity contribution in [2.24, 2.45) is 5.41 Å². The molecule has 68 valence electrons. The van der Waals surface area contributed by atoms with Crippen molar-refractivity contribution in [3.63, 3.8) is 0 Å². The van der Waals surface area contributed by atoms with Crippen LogP contribution in [0.25, 0.3) is 0 Å². The normalized spacial score (nSPS) is 22.4. The first-order valence-electron chi connectivity index (χ1n) is 5.53. The smallest absolute Gasteiger partial charge is 0.0653 e. The molecule has 0 aromatic carbocycles. The predicted octanol–water partition coefficient (Wildman–Crippen LogP) is 3.71. The molecule has 0 aromatic heterocycles. The summed E-state index contributed by atoms with van der Waals surface area (Å²) >= 11 is 0. The molecule has 1 aliphatic rings. The molecule has 1 fully saturated rings. The molecule has 0 N–H and O–H groups in total. The zero-order valence-corrected chi connectivity index (χ0v) is 8.44. The summed E-state index contributed by atoms with van der Waals surface area (Å²) in [7, 11) is 5.67.